The third-order valence-corrected chi connectivity index (χ3v) is 5.90. The normalized spacial score (nSPS) is 12.6. The summed E-state index contributed by atoms with van der Waals surface area (Å²) in [5.41, 5.74) is 6.03. The predicted molar refractivity (Wildman–Crippen MR) is 124 cm³/mol. The van der Waals surface area contributed by atoms with Gasteiger partial charge in [0.1, 0.15) is 11.5 Å². The molecular formula is C28H30O3. The number of benzene rings is 3. The molecule has 4 rings (SSSR count). The van der Waals surface area contributed by atoms with Crippen molar-refractivity contribution in [2.24, 2.45) is 0 Å². The third-order valence-electron chi connectivity index (χ3n) is 5.90. The van der Waals surface area contributed by atoms with Crippen LogP contribution in [0, 0.1) is 13.8 Å². The molecule has 0 atom stereocenters. The number of aryl methyl sites for hydroxylation is 2. The second kappa shape index (κ2) is 9.38. The molecule has 1 aliphatic heterocycles. The van der Waals surface area contributed by atoms with E-state index in [0.29, 0.717) is 12.2 Å². The first-order chi connectivity index (χ1) is 15.1. The van der Waals surface area contributed by atoms with E-state index < -0.39 is 0 Å². The van der Waals surface area contributed by atoms with Crippen molar-refractivity contribution < 1.29 is 14.3 Å². The van der Waals surface area contributed by atoms with Gasteiger partial charge in [-0.1, -0.05) is 68.7 Å². The smallest absolute Gasteiger partial charge is 0.338 e. The van der Waals surface area contributed by atoms with Crippen molar-refractivity contribution in [1.29, 1.82) is 0 Å². The summed E-state index contributed by atoms with van der Waals surface area (Å²) in [4.78, 5) is 13.0. The Morgan fingerprint density at radius 3 is 2.13 bits per heavy atom. The number of esters is 1. The van der Waals surface area contributed by atoms with E-state index in [1.807, 2.05) is 24.3 Å². The molecule has 3 aromatic carbocycles. The molecule has 3 aromatic rings. The maximum absolute atomic E-state index is 13.0. The molecule has 31 heavy (non-hydrogen) atoms. The lowest BCUT2D eigenvalue weighted by molar-refractivity contribution is 0.0496. The molecule has 0 fully saturated rings. The molecule has 160 valence electrons. The van der Waals surface area contributed by atoms with Gasteiger partial charge in [-0.2, -0.15) is 0 Å². The van der Waals surface area contributed by atoms with E-state index in [9.17, 15) is 4.79 Å². The zero-order valence-corrected chi connectivity index (χ0v) is 18.6. The van der Waals surface area contributed by atoms with Gasteiger partial charge in [-0.3, -0.25) is 0 Å². The van der Waals surface area contributed by atoms with E-state index in [1.54, 1.807) is 0 Å². The molecule has 1 heterocycles. The average Bonchev–Trinajstić information content (AvgIpc) is 2.77. The molecule has 0 amide bonds. The van der Waals surface area contributed by atoms with Crippen molar-refractivity contribution in [3.63, 3.8) is 0 Å². The molecule has 0 saturated carbocycles. The van der Waals surface area contributed by atoms with Gasteiger partial charge < -0.3 is 9.47 Å². The Morgan fingerprint density at radius 1 is 0.839 bits per heavy atom. The number of unbranched alkanes of at least 4 members (excludes halogenated alkanes) is 3. The number of hydrogen-bond donors (Lipinski definition) is 0. The van der Waals surface area contributed by atoms with Crippen LogP contribution in [0.5, 0.6) is 11.5 Å². The van der Waals surface area contributed by atoms with E-state index in [-0.39, 0.29) is 11.9 Å². The molecule has 0 bridgehead atoms. The largest absolute Gasteiger partial charge is 0.462 e. The minimum atomic E-state index is -0.249. The standard InChI is InChI=1S/C28H30O3/c1-4-5-6-9-16-30-28(29)22-11-8-7-10-21(22)27-23-14-12-19(2)17-25(23)31-26-18-20(3)13-15-24(26)27/h7-8,10-15,17-18,27H,4-6,9,16H2,1-3H3. The monoisotopic (exact) mass is 414 g/mol. The van der Waals surface area contributed by atoms with Crippen LogP contribution in [0.1, 0.15) is 76.7 Å². The van der Waals surface area contributed by atoms with Gasteiger partial charge in [0.2, 0.25) is 0 Å². The van der Waals surface area contributed by atoms with Crippen molar-refractivity contribution in [3.8, 4) is 11.5 Å². The summed E-state index contributed by atoms with van der Waals surface area (Å²) in [7, 11) is 0. The van der Waals surface area contributed by atoms with E-state index >= 15 is 0 Å². The van der Waals surface area contributed by atoms with Crippen LogP contribution in [0.3, 0.4) is 0 Å². The van der Waals surface area contributed by atoms with Crippen LogP contribution in [-0.4, -0.2) is 12.6 Å². The second-order valence-electron chi connectivity index (χ2n) is 8.40. The van der Waals surface area contributed by atoms with Gasteiger partial charge in [-0.25, -0.2) is 4.79 Å². The number of fused-ring (bicyclic) bond motifs is 2. The molecule has 0 aromatic heterocycles. The van der Waals surface area contributed by atoms with Crippen LogP contribution in [0.2, 0.25) is 0 Å². The first-order valence-electron chi connectivity index (χ1n) is 11.2. The van der Waals surface area contributed by atoms with E-state index in [4.69, 9.17) is 9.47 Å². The Morgan fingerprint density at radius 2 is 1.48 bits per heavy atom. The zero-order valence-electron chi connectivity index (χ0n) is 18.6. The van der Waals surface area contributed by atoms with Gasteiger partial charge in [0.15, 0.2) is 0 Å². The van der Waals surface area contributed by atoms with E-state index in [2.05, 4.69) is 57.2 Å². The number of carbonyl (C=O) groups excluding carboxylic acids is 1. The summed E-state index contributed by atoms with van der Waals surface area (Å²) < 4.78 is 11.9. The number of rotatable bonds is 7. The van der Waals surface area contributed by atoms with Crippen molar-refractivity contribution in [2.75, 3.05) is 6.61 Å². The third kappa shape index (κ3) is 4.51. The molecule has 0 radical (unpaired) electrons. The van der Waals surface area contributed by atoms with Gasteiger partial charge in [0.05, 0.1) is 12.2 Å². The fourth-order valence-corrected chi connectivity index (χ4v) is 4.26. The van der Waals surface area contributed by atoms with Gasteiger partial charge in [0, 0.05) is 17.0 Å². The maximum atomic E-state index is 13.0. The molecule has 0 aliphatic carbocycles. The van der Waals surface area contributed by atoms with Crippen molar-refractivity contribution in [1.82, 2.24) is 0 Å². The lowest BCUT2D eigenvalue weighted by atomic mass is 9.80. The number of carbonyl (C=O) groups is 1. The molecule has 3 nitrogen and oxygen atoms in total. The van der Waals surface area contributed by atoms with Crippen LogP contribution in [0.4, 0.5) is 0 Å². The Bertz CT molecular complexity index is 1030. The quantitative estimate of drug-likeness (QED) is 0.235. The van der Waals surface area contributed by atoms with Gasteiger partial charge in [-0.15, -0.1) is 0 Å². The topological polar surface area (TPSA) is 35.5 Å². The highest BCUT2D eigenvalue weighted by Crippen LogP contribution is 2.48. The molecule has 1 aliphatic rings. The molecule has 0 saturated heterocycles. The lowest BCUT2D eigenvalue weighted by Crippen LogP contribution is -2.17. The minimum absolute atomic E-state index is 0.0798. The SMILES string of the molecule is CCCCCCOC(=O)c1ccccc1C1c2ccc(C)cc2Oc2cc(C)ccc21. The first kappa shape index (κ1) is 21.2. The summed E-state index contributed by atoms with van der Waals surface area (Å²) in [5, 5.41) is 0. The van der Waals surface area contributed by atoms with Crippen molar-refractivity contribution in [2.45, 2.75) is 52.4 Å². The molecule has 0 unspecified atom stereocenters. The summed E-state index contributed by atoms with van der Waals surface area (Å²) >= 11 is 0. The van der Waals surface area contributed by atoms with Crippen LogP contribution >= 0.6 is 0 Å². The van der Waals surface area contributed by atoms with Crippen LogP contribution in [0.25, 0.3) is 0 Å². The van der Waals surface area contributed by atoms with Crippen LogP contribution in [-0.2, 0) is 4.74 Å². The summed E-state index contributed by atoms with van der Waals surface area (Å²) in [6, 6.07) is 20.4. The average molecular weight is 415 g/mol. The maximum Gasteiger partial charge on any atom is 0.338 e. The lowest BCUT2D eigenvalue weighted by Gasteiger charge is -2.30. The van der Waals surface area contributed by atoms with Crippen LogP contribution < -0.4 is 4.74 Å². The molecule has 3 heteroatoms. The van der Waals surface area contributed by atoms with Crippen molar-refractivity contribution >= 4 is 5.97 Å². The molecule has 0 spiro atoms. The predicted octanol–water partition coefficient (Wildman–Crippen LogP) is 7.33. The summed E-state index contributed by atoms with van der Waals surface area (Å²) in [6.45, 7) is 6.77. The molecular weight excluding hydrogens is 384 g/mol. The van der Waals surface area contributed by atoms with Gasteiger partial charge in [-0.05, 0) is 55.2 Å². The Labute approximate surface area is 185 Å². The summed E-state index contributed by atoms with van der Waals surface area (Å²) in [5.74, 6) is 1.38. The minimum Gasteiger partial charge on any atom is -0.462 e. The molecule has 0 N–H and O–H groups in total. The van der Waals surface area contributed by atoms with Crippen LogP contribution in [0.15, 0.2) is 60.7 Å². The van der Waals surface area contributed by atoms with Gasteiger partial charge in [0.25, 0.3) is 0 Å². The highest BCUT2D eigenvalue weighted by Gasteiger charge is 2.31. The first-order valence-corrected chi connectivity index (χ1v) is 11.2. The van der Waals surface area contributed by atoms with Gasteiger partial charge >= 0.3 is 5.97 Å². The zero-order chi connectivity index (χ0) is 21.8. The fraction of sp³-hybridized carbons (Fsp3) is 0.321. The fourth-order valence-electron chi connectivity index (χ4n) is 4.26. The van der Waals surface area contributed by atoms with E-state index in [0.717, 1.165) is 58.6 Å². The van der Waals surface area contributed by atoms with Crippen molar-refractivity contribution in [3.05, 3.63) is 94.0 Å². The summed E-state index contributed by atoms with van der Waals surface area (Å²) in [6.07, 6.45) is 4.33. The highest BCUT2D eigenvalue weighted by molar-refractivity contribution is 5.92. The number of ether oxygens (including phenoxy) is 2. The van der Waals surface area contributed by atoms with E-state index in [1.165, 1.54) is 6.42 Å². The Balaban J connectivity index is 1.73. The Kier molecular flexibility index (Phi) is 6.41. The number of hydrogen-bond acceptors (Lipinski definition) is 3. The highest BCUT2D eigenvalue weighted by atomic mass is 16.5. The second-order valence-corrected chi connectivity index (χ2v) is 8.40. The Hall–Kier alpha value is -3.07.